The molecule has 7 heteroatoms. The number of amides is 1. The zero-order valence-corrected chi connectivity index (χ0v) is 13.2. The standard InChI is InChI=1S/C13H21N3O3S/c1-7(2)16(8(3)4)10(17)6-20-13-14-11(18)9(5)12(19)15-13/h7-8H,6H2,1-5H3,(H2,14,15,18,19). The summed E-state index contributed by atoms with van der Waals surface area (Å²) in [6, 6.07) is 0.225. The molecule has 0 atom stereocenters. The van der Waals surface area contributed by atoms with E-state index >= 15 is 0 Å². The molecule has 0 spiro atoms. The Morgan fingerprint density at radius 2 is 1.90 bits per heavy atom. The van der Waals surface area contributed by atoms with Crippen molar-refractivity contribution in [2.45, 2.75) is 51.9 Å². The molecule has 0 radical (unpaired) electrons. The molecule has 1 amide bonds. The van der Waals surface area contributed by atoms with Crippen molar-refractivity contribution in [3.63, 3.8) is 0 Å². The smallest absolute Gasteiger partial charge is 0.258 e. The molecule has 1 aromatic heterocycles. The summed E-state index contributed by atoms with van der Waals surface area (Å²) in [7, 11) is 0. The fourth-order valence-electron chi connectivity index (χ4n) is 1.95. The predicted octanol–water partition coefficient (Wildman–Crippen LogP) is 1.52. The maximum absolute atomic E-state index is 12.2. The van der Waals surface area contributed by atoms with Crippen molar-refractivity contribution >= 4 is 17.7 Å². The summed E-state index contributed by atoms with van der Waals surface area (Å²) in [5.74, 6) is -0.155. The topological polar surface area (TPSA) is 86.3 Å². The third-order valence-electron chi connectivity index (χ3n) is 2.84. The van der Waals surface area contributed by atoms with Crippen LogP contribution in [0.2, 0.25) is 0 Å². The molecule has 1 heterocycles. The molecule has 6 nitrogen and oxygen atoms in total. The monoisotopic (exact) mass is 299 g/mol. The highest BCUT2D eigenvalue weighted by molar-refractivity contribution is 7.99. The lowest BCUT2D eigenvalue weighted by atomic mass is 10.2. The third-order valence-corrected chi connectivity index (χ3v) is 3.70. The van der Waals surface area contributed by atoms with Gasteiger partial charge in [-0.2, -0.15) is 4.98 Å². The second-order valence-electron chi connectivity index (χ2n) is 5.10. The van der Waals surface area contributed by atoms with Gasteiger partial charge in [-0.15, -0.1) is 0 Å². The Hall–Kier alpha value is -1.50. The maximum atomic E-state index is 12.2. The van der Waals surface area contributed by atoms with Crippen molar-refractivity contribution in [3.05, 3.63) is 15.9 Å². The van der Waals surface area contributed by atoms with Crippen LogP contribution in [0.3, 0.4) is 0 Å². The van der Waals surface area contributed by atoms with E-state index in [0.717, 1.165) is 11.8 Å². The van der Waals surface area contributed by atoms with E-state index < -0.39 is 5.56 Å². The van der Waals surface area contributed by atoms with Crippen molar-refractivity contribution in [2.75, 3.05) is 5.75 Å². The molecule has 0 unspecified atom stereocenters. The van der Waals surface area contributed by atoms with Crippen LogP contribution in [0.4, 0.5) is 0 Å². The van der Waals surface area contributed by atoms with Crippen LogP contribution in [-0.2, 0) is 4.79 Å². The number of aromatic nitrogens is 2. The number of thioether (sulfide) groups is 1. The summed E-state index contributed by atoms with van der Waals surface area (Å²) in [5.41, 5.74) is -0.219. The number of carbonyl (C=O) groups is 1. The van der Waals surface area contributed by atoms with Crippen LogP contribution in [-0.4, -0.2) is 43.7 Å². The Bertz CT molecular complexity index is 532. The zero-order valence-electron chi connectivity index (χ0n) is 12.4. The van der Waals surface area contributed by atoms with Gasteiger partial charge in [-0.1, -0.05) is 11.8 Å². The van der Waals surface area contributed by atoms with Gasteiger partial charge in [-0.05, 0) is 34.6 Å². The number of rotatable bonds is 5. The van der Waals surface area contributed by atoms with Gasteiger partial charge >= 0.3 is 0 Å². The number of hydrogen-bond acceptors (Lipinski definition) is 5. The molecule has 0 aliphatic rings. The third kappa shape index (κ3) is 4.00. The minimum Gasteiger partial charge on any atom is -0.493 e. The highest BCUT2D eigenvalue weighted by Crippen LogP contribution is 2.17. The molecule has 1 aromatic rings. The maximum Gasteiger partial charge on any atom is 0.258 e. The molecule has 2 N–H and O–H groups in total. The first-order valence-electron chi connectivity index (χ1n) is 6.47. The van der Waals surface area contributed by atoms with Crippen molar-refractivity contribution in [3.8, 4) is 5.88 Å². The quantitative estimate of drug-likeness (QED) is 0.636. The van der Waals surface area contributed by atoms with Crippen LogP contribution in [0.1, 0.15) is 33.3 Å². The highest BCUT2D eigenvalue weighted by Gasteiger charge is 2.20. The molecule has 20 heavy (non-hydrogen) atoms. The van der Waals surface area contributed by atoms with E-state index in [1.54, 1.807) is 4.90 Å². The largest absolute Gasteiger partial charge is 0.493 e. The molecule has 0 aliphatic heterocycles. The average Bonchev–Trinajstić information content (AvgIpc) is 2.32. The molecule has 0 aliphatic carbocycles. The van der Waals surface area contributed by atoms with Crippen LogP contribution >= 0.6 is 11.8 Å². The normalized spacial score (nSPS) is 11.2. The minimum atomic E-state index is -0.392. The van der Waals surface area contributed by atoms with E-state index in [4.69, 9.17) is 0 Å². The van der Waals surface area contributed by atoms with Crippen LogP contribution in [0, 0.1) is 6.92 Å². The molecule has 1 rings (SSSR count). The first-order valence-corrected chi connectivity index (χ1v) is 7.46. The molecule has 0 aromatic carbocycles. The number of aromatic hydroxyl groups is 1. The van der Waals surface area contributed by atoms with Gasteiger partial charge in [0.1, 0.15) is 0 Å². The molecule has 0 saturated carbocycles. The van der Waals surface area contributed by atoms with Gasteiger partial charge in [0.05, 0.1) is 11.3 Å². The second kappa shape index (κ2) is 6.78. The van der Waals surface area contributed by atoms with Gasteiger partial charge in [-0.3, -0.25) is 9.59 Å². The van der Waals surface area contributed by atoms with E-state index in [0.29, 0.717) is 0 Å². The van der Waals surface area contributed by atoms with Gasteiger partial charge in [0, 0.05) is 12.1 Å². The summed E-state index contributed by atoms with van der Waals surface area (Å²) in [5, 5.41) is 9.74. The van der Waals surface area contributed by atoms with Crippen LogP contribution in [0.25, 0.3) is 0 Å². The Labute approximate surface area is 122 Å². The first-order chi connectivity index (χ1) is 9.23. The lowest BCUT2D eigenvalue weighted by Crippen LogP contribution is -2.43. The van der Waals surface area contributed by atoms with Crippen molar-refractivity contribution in [1.29, 1.82) is 0 Å². The molecule has 0 saturated heterocycles. The van der Waals surface area contributed by atoms with Gasteiger partial charge in [0.2, 0.25) is 11.8 Å². The molecule has 0 fully saturated rings. The van der Waals surface area contributed by atoms with Crippen LogP contribution < -0.4 is 5.56 Å². The summed E-state index contributed by atoms with van der Waals surface area (Å²) >= 11 is 1.11. The number of nitrogens with one attached hydrogen (secondary N) is 1. The zero-order chi connectivity index (χ0) is 15.4. The Morgan fingerprint density at radius 3 is 2.35 bits per heavy atom. The second-order valence-corrected chi connectivity index (χ2v) is 6.06. The fraction of sp³-hybridized carbons (Fsp3) is 0.615. The number of hydrogen-bond donors (Lipinski definition) is 2. The fourth-order valence-corrected chi connectivity index (χ4v) is 2.67. The summed E-state index contributed by atoms with van der Waals surface area (Å²) in [6.07, 6.45) is 0. The SMILES string of the molecule is Cc1c(O)nc(SCC(=O)N(C(C)C)C(C)C)[nH]c1=O. The molecular formula is C13H21N3O3S. The number of carbonyl (C=O) groups excluding carboxylic acids is 1. The van der Waals surface area contributed by atoms with Gasteiger partial charge in [-0.25, -0.2) is 0 Å². The molecule has 112 valence electrons. The minimum absolute atomic E-state index is 0.0253. The lowest BCUT2D eigenvalue weighted by molar-refractivity contribution is -0.131. The van der Waals surface area contributed by atoms with Gasteiger partial charge in [0.25, 0.3) is 5.56 Å². The molecule has 0 bridgehead atoms. The van der Waals surface area contributed by atoms with Crippen molar-refractivity contribution in [1.82, 2.24) is 14.9 Å². The van der Waals surface area contributed by atoms with Crippen LogP contribution in [0.15, 0.2) is 9.95 Å². The Morgan fingerprint density at radius 1 is 1.35 bits per heavy atom. The molecular weight excluding hydrogens is 278 g/mol. The summed E-state index contributed by atoms with van der Waals surface area (Å²) in [4.78, 5) is 31.8. The lowest BCUT2D eigenvalue weighted by Gasteiger charge is -2.30. The number of H-pyrrole nitrogens is 1. The van der Waals surface area contributed by atoms with E-state index in [1.807, 2.05) is 27.7 Å². The Kier molecular flexibility index (Phi) is 5.62. The number of nitrogens with zero attached hydrogens (tertiary/aromatic N) is 2. The van der Waals surface area contributed by atoms with E-state index in [9.17, 15) is 14.7 Å². The average molecular weight is 299 g/mol. The first kappa shape index (κ1) is 16.6. The van der Waals surface area contributed by atoms with Crippen LogP contribution in [0.5, 0.6) is 5.88 Å². The van der Waals surface area contributed by atoms with Crippen molar-refractivity contribution in [2.24, 2.45) is 0 Å². The van der Waals surface area contributed by atoms with E-state index in [-0.39, 0.29) is 40.3 Å². The predicted molar refractivity (Wildman–Crippen MR) is 79.1 cm³/mol. The van der Waals surface area contributed by atoms with Gasteiger partial charge in [0.15, 0.2) is 5.16 Å². The summed E-state index contributed by atoms with van der Waals surface area (Å²) in [6.45, 7) is 9.32. The van der Waals surface area contributed by atoms with E-state index in [1.165, 1.54) is 6.92 Å². The van der Waals surface area contributed by atoms with E-state index in [2.05, 4.69) is 9.97 Å². The highest BCUT2D eigenvalue weighted by atomic mass is 32.2. The van der Waals surface area contributed by atoms with Gasteiger partial charge < -0.3 is 15.0 Å². The number of aromatic amines is 1. The van der Waals surface area contributed by atoms with Crippen molar-refractivity contribution < 1.29 is 9.90 Å². The Balaban J connectivity index is 2.77. The summed E-state index contributed by atoms with van der Waals surface area (Å²) < 4.78 is 0.